The summed E-state index contributed by atoms with van der Waals surface area (Å²) in [6, 6.07) is 0.189. The smallest absolute Gasteiger partial charge is 0.415 e. The van der Waals surface area contributed by atoms with Gasteiger partial charge in [-0.3, -0.25) is 0 Å². The van der Waals surface area contributed by atoms with Crippen molar-refractivity contribution in [3.05, 3.63) is 11.8 Å². The lowest BCUT2D eigenvalue weighted by atomic mass is 9.44. The van der Waals surface area contributed by atoms with Crippen molar-refractivity contribution in [3.8, 4) is 0 Å². The van der Waals surface area contributed by atoms with Gasteiger partial charge in [-0.1, -0.05) is 13.8 Å². The molecule has 0 aliphatic heterocycles. The average molecular weight is 338 g/mol. The van der Waals surface area contributed by atoms with Crippen LogP contribution in [-0.2, 0) is 4.74 Å². The number of rotatable bonds is 4. The molecule has 0 aromatic heterocycles. The van der Waals surface area contributed by atoms with E-state index in [0.717, 1.165) is 18.4 Å². The summed E-state index contributed by atoms with van der Waals surface area (Å²) >= 11 is 0. The van der Waals surface area contributed by atoms with Crippen molar-refractivity contribution in [2.45, 2.75) is 85.9 Å². The molecule has 4 nitrogen and oxygen atoms in total. The molecule has 0 aromatic carbocycles. The van der Waals surface area contributed by atoms with Gasteiger partial charge in [0.25, 0.3) is 0 Å². The Morgan fingerprint density at radius 1 is 1.25 bits per heavy atom. The zero-order valence-corrected chi connectivity index (χ0v) is 16.6. The Morgan fingerprint density at radius 3 is 2.21 bits per heavy atom. The van der Waals surface area contributed by atoms with E-state index in [4.69, 9.17) is 4.74 Å². The molecular weight excluding hydrogens is 302 g/mol. The molecule has 0 saturated heterocycles. The summed E-state index contributed by atoms with van der Waals surface area (Å²) in [6.07, 6.45) is 3.46. The third-order valence-electron chi connectivity index (χ3n) is 6.27. The third-order valence-corrected chi connectivity index (χ3v) is 6.27. The molecule has 2 bridgehead atoms. The Morgan fingerprint density at radius 2 is 1.79 bits per heavy atom. The van der Waals surface area contributed by atoms with Crippen LogP contribution >= 0.6 is 0 Å². The van der Waals surface area contributed by atoms with E-state index in [0.29, 0.717) is 11.8 Å². The highest BCUT2D eigenvalue weighted by molar-refractivity contribution is 5.69. The molecule has 3 saturated carbocycles. The molecule has 0 aromatic rings. The fourth-order valence-corrected chi connectivity index (χ4v) is 4.70. The maximum atomic E-state index is 12.5. The Labute approximate surface area is 147 Å². The molecule has 1 amide bonds. The van der Waals surface area contributed by atoms with Crippen molar-refractivity contribution >= 4 is 6.09 Å². The first kappa shape index (κ1) is 19.3. The van der Waals surface area contributed by atoms with Gasteiger partial charge in [-0.05, 0) is 77.2 Å². The maximum Gasteiger partial charge on any atom is 0.415 e. The Hall–Kier alpha value is -1.03. The van der Waals surface area contributed by atoms with Crippen LogP contribution in [0.2, 0.25) is 0 Å². The monoisotopic (exact) mass is 337 g/mol. The summed E-state index contributed by atoms with van der Waals surface area (Å²) in [5.41, 5.74) is 0.549. The summed E-state index contributed by atoms with van der Waals surface area (Å²) in [4.78, 5) is 14.2. The van der Waals surface area contributed by atoms with Crippen LogP contribution in [0.1, 0.15) is 68.2 Å². The van der Waals surface area contributed by atoms with E-state index < -0.39 is 5.60 Å². The number of carbonyl (C=O) groups excluding carboxylic acids is 1. The van der Waals surface area contributed by atoms with Crippen molar-refractivity contribution in [2.75, 3.05) is 0 Å². The van der Waals surface area contributed by atoms with Gasteiger partial charge in [0, 0.05) is 18.0 Å². The van der Waals surface area contributed by atoms with E-state index in [1.807, 2.05) is 41.5 Å². The molecular formula is C20H35NO3. The predicted octanol–water partition coefficient (Wildman–Crippen LogP) is 4.58. The highest BCUT2D eigenvalue weighted by Crippen LogP contribution is 2.64. The highest BCUT2D eigenvalue weighted by atomic mass is 16.5. The second-order valence-corrected chi connectivity index (χ2v) is 9.34. The van der Waals surface area contributed by atoms with E-state index in [-0.39, 0.29) is 29.5 Å². The number of hydrogen-bond acceptors (Lipinski definition) is 3. The van der Waals surface area contributed by atoms with Crippen molar-refractivity contribution in [3.63, 3.8) is 0 Å². The Kier molecular flexibility index (Phi) is 5.11. The number of amides is 1. The molecule has 24 heavy (non-hydrogen) atoms. The summed E-state index contributed by atoms with van der Waals surface area (Å²) in [6.45, 7) is 16.3. The minimum Gasteiger partial charge on any atom is -0.418 e. The number of aliphatic hydroxyl groups is 1. The van der Waals surface area contributed by atoms with Crippen LogP contribution in [0, 0.1) is 23.2 Å². The van der Waals surface area contributed by atoms with E-state index in [2.05, 4.69) is 13.8 Å². The van der Waals surface area contributed by atoms with Gasteiger partial charge in [-0.15, -0.1) is 0 Å². The fourth-order valence-electron chi connectivity index (χ4n) is 4.70. The first-order valence-electron chi connectivity index (χ1n) is 9.28. The minimum absolute atomic E-state index is 0.0635. The van der Waals surface area contributed by atoms with Gasteiger partial charge in [0.2, 0.25) is 0 Å². The molecule has 138 valence electrons. The van der Waals surface area contributed by atoms with Gasteiger partial charge >= 0.3 is 6.09 Å². The zero-order valence-electron chi connectivity index (χ0n) is 16.6. The Balaban J connectivity index is 2.22. The second kappa shape index (κ2) is 6.36. The van der Waals surface area contributed by atoms with Gasteiger partial charge < -0.3 is 14.7 Å². The third kappa shape index (κ3) is 3.35. The summed E-state index contributed by atoms with van der Waals surface area (Å²) in [5, 5.41) is 10.6. The lowest BCUT2D eigenvalue weighted by molar-refractivity contribution is -0.0945. The first-order chi connectivity index (χ1) is 10.9. The van der Waals surface area contributed by atoms with Crippen LogP contribution < -0.4 is 0 Å². The fraction of sp³-hybridized carbons (Fsp3) is 0.850. The molecule has 0 heterocycles. The van der Waals surface area contributed by atoms with Crippen molar-refractivity contribution in [2.24, 2.45) is 23.2 Å². The van der Waals surface area contributed by atoms with E-state index in [1.54, 1.807) is 11.2 Å². The zero-order chi connectivity index (χ0) is 18.4. The van der Waals surface area contributed by atoms with Crippen LogP contribution in [-0.4, -0.2) is 33.8 Å². The molecule has 3 atom stereocenters. The number of nitrogens with zero attached hydrogens (tertiary/aromatic N) is 1. The standard InChI is InChI=1S/C20H35NO3/c1-12(2)21(13(3)4)18(22)24-11-15-16-9-14(19(16,5)6)10-17(15)20(7,8)23/h11-14,16-17,23H,9-10H2,1-8H3/b15-11-/t14-,16+,17+/m1/s1. The topological polar surface area (TPSA) is 49.8 Å². The Bertz CT molecular complexity index is 505. The van der Waals surface area contributed by atoms with E-state index in [1.165, 1.54) is 0 Å². The van der Waals surface area contributed by atoms with Crippen LogP contribution in [0.15, 0.2) is 11.8 Å². The normalized spacial score (nSPS) is 30.5. The minimum atomic E-state index is -0.790. The number of fused-ring (bicyclic) bond motifs is 2. The number of hydrogen-bond donors (Lipinski definition) is 1. The van der Waals surface area contributed by atoms with Crippen molar-refractivity contribution < 1.29 is 14.6 Å². The van der Waals surface area contributed by atoms with Crippen molar-refractivity contribution in [1.29, 1.82) is 0 Å². The maximum absolute atomic E-state index is 12.5. The second-order valence-electron chi connectivity index (χ2n) is 9.34. The molecule has 3 rings (SSSR count). The molecule has 1 N–H and O–H groups in total. The molecule has 3 fully saturated rings. The lowest BCUT2D eigenvalue weighted by Crippen LogP contribution is -2.55. The molecule has 0 spiro atoms. The molecule has 4 heteroatoms. The molecule has 0 radical (unpaired) electrons. The predicted molar refractivity (Wildman–Crippen MR) is 96.5 cm³/mol. The first-order valence-corrected chi connectivity index (χ1v) is 9.28. The SMILES string of the molecule is CC(C)N(C(=O)O/C=C1\[C@@H](C(C)(C)O)C[C@H]2C[C@@H]1C2(C)C)C(C)C. The van der Waals surface area contributed by atoms with Gasteiger partial charge in [0.1, 0.15) is 0 Å². The van der Waals surface area contributed by atoms with Gasteiger partial charge in [-0.2, -0.15) is 0 Å². The number of carbonyl (C=O) groups is 1. The van der Waals surface area contributed by atoms with Crippen molar-refractivity contribution in [1.82, 2.24) is 4.90 Å². The van der Waals surface area contributed by atoms with Crippen LogP contribution in [0.5, 0.6) is 0 Å². The van der Waals surface area contributed by atoms with Gasteiger partial charge in [-0.25, -0.2) is 4.79 Å². The largest absolute Gasteiger partial charge is 0.418 e. The summed E-state index contributed by atoms with van der Waals surface area (Å²) in [5.74, 6) is 1.11. The van der Waals surface area contributed by atoms with Crippen LogP contribution in [0.25, 0.3) is 0 Å². The van der Waals surface area contributed by atoms with E-state index in [9.17, 15) is 9.90 Å². The van der Waals surface area contributed by atoms with Crippen LogP contribution in [0.4, 0.5) is 4.79 Å². The number of ether oxygens (including phenoxy) is 1. The molecule has 3 aliphatic carbocycles. The van der Waals surface area contributed by atoms with Crippen LogP contribution in [0.3, 0.4) is 0 Å². The quantitative estimate of drug-likeness (QED) is 0.764. The average Bonchev–Trinajstić information content (AvgIpc) is 2.42. The van der Waals surface area contributed by atoms with E-state index >= 15 is 0 Å². The lowest BCUT2D eigenvalue weighted by Gasteiger charge is -2.61. The highest BCUT2D eigenvalue weighted by Gasteiger charge is 2.57. The van der Waals surface area contributed by atoms with Gasteiger partial charge in [0.05, 0.1) is 11.9 Å². The molecule has 3 aliphatic rings. The summed E-state index contributed by atoms with van der Waals surface area (Å²) < 4.78 is 5.59. The van der Waals surface area contributed by atoms with Gasteiger partial charge in [0.15, 0.2) is 0 Å². The summed E-state index contributed by atoms with van der Waals surface area (Å²) in [7, 11) is 0. The molecule has 0 unspecified atom stereocenters.